The molecule has 3 rings (SSSR count). The van der Waals surface area contributed by atoms with Gasteiger partial charge in [-0.25, -0.2) is 0 Å². The van der Waals surface area contributed by atoms with Gasteiger partial charge in [-0.05, 0) is 31.5 Å². The van der Waals surface area contributed by atoms with E-state index < -0.39 is 0 Å². The van der Waals surface area contributed by atoms with Crippen molar-refractivity contribution in [1.29, 1.82) is 0 Å². The number of benzene rings is 2. The fraction of sp³-hybridized carbons (Fsp3) is 0.250. The molecule has 0 fully saturated rings. The number of amides is 1. The summed E-state index contributed by atoms with van der Waals surface area (Å²) < 4.78 is 2.09. The summed E-state index contributed by atoms with van der Waals surface area (Å²) in [6.45, 7) is 4.91. The van der Waals surface area contributed by atoms with Crippen LogP contribution < -0.4 is 0 Å². The second-order valence-electron chi connectivity index (χ2n) is 5.84. The summed E-state index contributed by atoms with van der Waals surface area (Å²) in [5.41, 5.74) is 3.00. The number of carbonyl (C=O) groups excluding carboxylic acids is 1. The molecule has 1 unspecified atom stereocenters. The lowest BCUT2D eigenvalue weighted by molar-refractivity contribution is 0.0732. The second kappa shape index (κ2) is 6.29. The highest BCUT2D eigenvalue weighted by Crippen LogP contribution is 2.24. The highest BCUT2D eigenvalue weighted by molar-refractivity contribution is 5.98. The van der Waals surface area contributed by atoms with Gasteiger partial charge in [0, 0.05) is 24.5 Å². The molecule has 1 amide bonds. The zero-order valence-corrected chi connectivity index (χ0v) is 13.9. The molecule has 1 atom stereocenters. The molecule has 23 heavy (non-hydrogen) atoms. The summed E-state index contributed by atoms with van der Waals surface area (Å²) in [6.07, 6.45) is 0. The van der Waals surface area contributed by atoms with Gasteiger partial charge >= 0.3 is 0 Å². The normalized spacial score (nSPS) is 12.3. The molecule has 0 aliphatic heterocycles. The summed E-state index contributed by atoms with van der Waals surface area (Å²) in [4.78, 5) is 14.8. The molecule has 2 aromatic carbocycles. The summed E-state index contributed by atoms with van der Waals surface area (Å²) in [5, 5.41) is 1.11. The molecule has 0 aliphatic rings. The fourth-order valence-electron chi connectivity index (χ4n) is 3.04. The maximum atomic E-state index is 13.0. The minimum atomic E-state index is 0.0343. The number of aryl methyl sites for hydroxylation is 1. The van der Waals surface area contributed by atoms with E-state index in [-0.39, 0.29) is 11.9 Å². The Bertz CT molecular complexity index is 820. The highest BCUT2D eigenvalue weighted by Gasteiger charge is 2.22. The number of hydrogen-bond acceptors (Lipinski definition) is 1. The Morgan fingerprint density at radius 1 is 1.09 bits per heavy atom. The summed E-state index contributed by atoms with van der Waals surface area (Å²) in [5.74, 6) is 0.0550. The van der Waals surface area contributed by atoms with E-state index in [2.05, 4.69) is 42.7 Å². The smallest absolute Gasteiger partial charge is 0.270 e. The van der Waals surface area contributed by atoms with Crippen molar-refractivity contribution in [2.45, 2.75) is 26.4 Å². The molecule has 0 saturated heterocycles. The van der Waals surface area contributed by atoms with Gasteiger partial charge in [0.05, 0.1) is 6.04 Å². The van der Waals surface area contributed by atoms with E-state index >= 15 is 0 Å². The van der Waals surface area contributed by atoms with Crippen molar-refractivity contribution in [3.63, 3.8) is 0 Å². The van der Waals surface area contributed by atoms with Gasteiger partial charge in [-0.2, -0.15) is 0 Å². The van der Waals surface area contributed by atoms with Gasteiger partial charge in [0.25, 0.3) is 5.91 Å². The number of fused-ring (bicyclic) bond motifs is 1. The lowest BCUT2D eigenvalue weighted by Crippen LogP contribution is -2.31. The van der Waals surface area contributed by atoms with Gasteiger partial charge in [0.1, 0.15) is 5.69 Å². The Balaban J connectivity index is 1.97. The summed E-state index contributed by atoms with van der Waals surface area (Å²) >= 11 is 0. The van der Waals surface area contributed by atoms with E-state index in [1.54, 1.807) is 0 Å². The number of para-hydroxylation sites is 1. The van der Waals surface area contributed by atoms with Crippen LogP contribution in [0.4, 0.5) is 0 Å². The van der Waals surface area contributed by atoms with Crippen molar-refractivity contribution in [2.75, 3.05) is 7.05 Å². The zero-order chi connectivity index (χ0) is 16.4. The van der Waals surface area contributed by atoms with E-state index in [9.17, 15) is 4.79 Å². The molecule has 0 saturated carbocycles. The van der Waals surface area contributed by atoms with Crippen molar-refractivity contribution in [3.05, 3.63) is 71.9 Å². The summed E-state index contributed by atoms with van der Waals surface area (Å²) in [7, 11) is 1.87. The van der Waals surface area contributed by atoms with Gasteiger partial charge in [0.2, 0.25) is 0 Å². The number of aromatic nitrogens is 1. The molecule has 0 bridgehead atoms. The molecular formula is C20H22N2O. The zero-order valence-electron chi connectivity index (χ0n) is 13.9. The molecule has 118 valence electrons. The van der Waals surface area contributed by atoms with Crippen molar-refractivity contribution >= 4 is 16.8 Å². The minimum absolute atomic E-state index is 0.0343. The fourth-order valence-corrected chi connectivity index (χ4v) is 3.04. The molecule has 1 aromatic heterocycles. The first kappa shape index (κ1) is 15.3. The van der Waals surface area contributed by atoms with Crippen LogP contribution in [0.25, 0.3) is 10.9 Å². The molecule has 3 nitrogen and oxygen atoms in total. The molecule has 1 heterocycles. The van der Waals surface area contributed by atoms with Crippen molar-refractivity contribution in [3.8, 4) is 0 Å². The second-order valence-corrected chi connectivity index (χ2v) is 5.84. The quantitative estimate of drug-likeness (QED) is 0.697. The van der Waals surface area contributed by atoms with Crippen LogP contribution in [0.15, 0.2) is 60.7 Å². The van der Waals surface area contributed by atoms with Crippen LogP contribution in [0.3, 0.4) is 0 Å². The standard InChI is InChI=1S/C20H22N2O/c1-4-22-18-13-9-8-12-17(18)14-19(22)20(23)21(3)15(2)16-10-6-5-7-11-16/h5-15H,4H2,1-3H3. The molecule has 0 spiro atoms. The maximum Gasteiger partial charge on any atom is 0.270 e. The Morgan fingerprint density at radius 2 is 1.74 bits per heavy atom. The van der Waals surface area contributed by atoms with Crippen molar-refractivity contribution in [2.24, 2.45) is 0 Å². The van der Waals surface area contributed by atoms with Crippen molar-refractivity contribution in [1.82, 2.24) is 9.47 Å². The Kier molecular flexibility index (Phi) is 4.20. The number of nitrogens with zero attached hydrogens (tertiary/aromatic N) is 2. The lowest BCUT2D eigenvalue weighted by atomic mass is 10.1. The van der Waals surface area contributed by atoms with Crippen LogP contribution in [0.2, 0.25) is 0 Å². The molecule has 0 radical (unpaired) electrons. The first-order chi connectivity index (χ1) is 11.1. The Morgan fingerprint density at radius 3 is 2.43 bits per heavy atom. The van der Waals surface area contributed by atoms with Crippen LogP contribution in [0.1, 0.15) is 35.9 Å². The SMILES string of the molecule is CCn1c(C(=O)N(C)C(C)c2ccccc2)cc2ccccc21. The topological polar surface area (TPSA) is 25.2 Å². The van der Waals surface area contributed by atoms with E-state index in [0.717, 1.165) is 28.7 Å². The van der Waals surface area contributed by atoms with Gasteiger partial charge < -0.3 is 9.47 Å². The third-order valence-corrected chi connectivity index (χ3v) is 4.53. The number of hydrogen-bond donors (Lipinski definition) is 0. The van der Waals surface area contributed by atoms with E-state index in [4.69, 9.17) is 0 Å². The maximum absolute atomic E-state index is 13.0. The minimum Gasteiger partial charge on any atom is -0.337 e. The largest absolute Gasteiger partial charge is 0.337 e. The predicted octanol–water partition coefficient (Wildman–Crippen LogP) is 4.49. The Labute approximate surface area is 137 Å². The van der Waals surface area contributed by atoms with Gasteiger partial charge in [-0.1, -0.05) is 48.5 Å². The third kappa shape index (κ3) is 2.74. The van der Waals surface area contributed by atoms with Crippen LogP contribution in [-0.4, -0.2) is 22.4 Å². The molecular weight excluding hydrogens is 284 g/mol. The van der Waals surface area contributed by atoms with E-state index in [0.29, 0.717) is 0 Å². The number of rotatable bonds is 4. The van der Waals surface area contributed by atoms with E-state index in [1.165, 1.54) is 0 Å². The Hall–Kier alpha value is -2.55. The highest BCUT2D eigenvalue weighted by atomic mass is 16.2. The average molecular weight is 306 g/mol. The molecule has 0 aliphatic carbocycles. The predicted molar refractivity (Wildman–Crippen MR) is 94.6 cm³/mol. The summed E-state index contributed by atoms with van der Waals surface area (Å²) in [6, 6.07) is 20.3. The first-order valence-electron chi connectivity index (χ1n) is 8.04. The van der Waals surface area contributed by atoms with Gasteiger partial charge in [-0.15, -0.1) is 0 Å². The third-order valence-electron chi connectivity index (χ3n) is 4.53. The molecule has 3 aromatic rings. The monoisotopic (exact) mass is 306 g/mol. The van der Waals surface area contributed by atoms with Crippen molar-refractivity contribution < 1.29 is 4.79 Å². The van der Waals surface area contributed by atoms with Gasteiger partial charge in [0.15, 0.2) is 0 Å². The van der Waals surface area contributed by atoms with Crippen LogP contribution >= 0.6 is 0 Å². The van der Waals surface area contributed by atoms with Gasteiger partial charge in [-0.3, -0.25) is 4.79 Å². The molecule has 3 heteroatoms. The first-order valence-corrected chi connectivity index (χ1v) is 8.04. The van der Waals surface area contributed by atoms with Crippen LogP contribution in [0.5, 0.6) is 0 Å². The average Bonchev–Trinajstić information content (AvgIpc) is 2.99. The molecule has 0 N–H and O–H groups in total. The van der Waals surface area contributed by atoms with Crippen LogP contribution in [0, 0.1) is 0 Å². The van der Waals surface area contributed by atoms with Crippen LogP contribution in [-0.2, 0) is 6.54 Å². The van der Waals surface area contributed by atoms with E-state index in [1.807, 2.05) is 48.3 Å². The number of carbonyl (C=O) groups is 1. The lowest BCUT2D eigenvalue weighted by Gasteiger charge is -2.26.